The molecule has 1 N–H and O–H groups in total. The van der Waals surface area contributed by atoms with Gasteiger partial charge in [0.1, 0.15) is 15.7 Å². The van der Waals surface area contributed by atoms with Crippen LogP contribution in [-0.4, -0.2) is 58.9 Å². The van der Waals surface area contributed by atoms with E-state index in [-0.39, 0.29) is 11.7 Å². The molecule has 1 aliphatic rings. The number of methoxy groups -OCH3 is 1. The first-order chi connectivity index (χ1) is 10.3. The molecule has 1 saturated heterocycles. The Bertz CT molecular complexity index is 625. The number of hydrogen-bond donors (Lipinski definition) is 1. The van der Waals surface area contributed by atoms with Crippen molar-refractivity contribution in [3.05, 3.63) is 35.6 Å². The zero-order valence-electron chi connectivity index (χ0n) is 12.6. The third-order valence-electron chi connectivity index (χ3n) is 3.68. The first-order valence-corrected chi connectivity index (χ1v) is 8.81. The fraction of sp³-hybridized carbons (Fsp3) is 0.500. The lowest BCUT2D eigenvalue weighted by Gasteiger charge is -2.35. The molecule has 22 heavy (non-hydrogen) atoms. The summed E-state index contributed by atoms with van der Waals surface area (Å²) in [5, 5.41) is 0. The van der Waals surface area contributed by atoms with Crippen LogP contribution in [-0.2, 0) is 19.4 Å². The Morgan fingerprint density at radius 2 is 1.82 bits per heavy atom. The Balaban J connectivity index is 2.06. The molecular weight excluding hydrogens is 309 g/mol. The number of nitrogens with zero attached hydrogens (tertiary/aromatic N) is 2. The Kier molecular flexibility index (Phi) is 5.15. The number of carbonyl (C=O) groups is 1. The smallest absolute Gasteiger partial charge is 0.256 e. The van der Waals surface area contributed by atoms with Crippen molar-refractivity contribution in [2.75, 3.05) is 39.5 Å². The molecule has 1 aromatic carbocycles. The van der Waals surface area contributed by atoms with E-state index in [1.54, 1.807) is 9.21 Å². The van der Waals surface area contributed by atoms with Crippen LogP contribution in [0.5, 0.6) is 0 Å². The highest BCUT2D eigenvalue weighted by Gasteiger charge is 2.30. The summed E-state index contributed by atoms with van der Waals surface area (Å²) in [4.78, 5) is 14.2. The predicted molar refractivity (Wildman–Crippen MR) is 81.1 cm³/mol. The normalized spacial score (nSPS) is 20.4. The van der Waals surface area contributed by atoms with Crippen LogP contribution in [0.2, 0.25) is 0 Å². The summed E-state index contributed by atoms with van der Waals surface area (Å²) in [7, 11) is -1.30. The van der Waals surface area contributed by atoms with Gasteiger partial charge < -0.3 is 9.64 Å². The standard InChI is InChI=1S/C14H20FN3O3S/c1-21-13(11-3-5-12(15)6-4-11)14(19)17-7-9-18(10-8-17)22(2,16)20/h3-6,13,16H,7-10H2,1-2H3. The van der Waals surface area contributed by atoms with E-state index in [0.717, 1.165) is 0 Å². The monoisotopic (exact) mass is 329 g/mol. The number of benzene rings is 1. The van der Waals surface area contributed by atoms with Crippen molar-refractivity contribution in [2.24, 2.45) is 0 Å². The van der Waals surface area contributed by atoms with Crippen molar-refractivity contribution < 1.29 is 18.1 Å². The van der Waals surface area contributed by atoms with E-state index in [0.29, 0.717) is 31.7 Å². The maximum absolute atomic E-state index is 13.0. The Labute approximate surface area is 130 Å². The average Bonchev–Trinajstić information content (AvgIpc) is 2.49. The molecule has 1 heterocycles. The van der Waals surface area contributed by atoms with Crippen LogP contribution in [0.25, 0.3) is 0 Å². The number of nitrogens with one attached hydrogen (secondary N) is 1. The van der Waals surface area contributed by atoms with E-state index in [1.807, 2.05) is 0 Å². The van der Waals surface area contributed by atoms with Crippen molar-refractivity contribution in [1.29, 1.82) is 4.78 Å². The summed E-state index contributed by atoms with van der Waals surface area (Å²) < 4.78 is 39.1. The van der Waals surface area contributed by atoms with Crippen LogP contribution in [0.3, 0.4) is 0 Å². The van der Waals surface area contributed by atoms with Crippen LogP contribution < -0.4 is 0 Å². The zero-order chi connectivity index (χ0) is 16.3. The van der Waals surface area contributed by atoms with Gasteiger partial charge in [0.15, 0.2) is 6.10 Å². The molecule has 1 aliphatic heterocycles. The highest BCUT2D eigenvalue weighted by molar-refractivity contribution is 7.89. The Morgan fingerprint density at radius 3 is 2.27 bits per heavy atom. The quantitative estimate of drug-likeness (QED) is 0.903. The van der Waals surface area contributed by atoms with E-state index >= 15 is 0 Å². The minimum Gasteiger partial charge on any atom is -0.367 e. The van der Waals surface area contributed by atoms with Gasteiger partial charge >= 0.3 is 0 Å². The number of ether oxygens (including phenoxy) is 1. The van der Waals surface area contributed by atoms with Crippen LogP contribution in [0.4, 0.5) is 4.39 Å². The maximum Gasteiger partial charge on any atom is 0.256 e. The van der Waals surface area contributed by atoms with Gasteiger partial charge in [0.25, 0.3) is 5.91 Å². The lowest BCUT2D eigenvalue weighted by Crippen LogP contribution is -2.51. The first kappa shape index (κ1) is 16.9. The molecule has 0 radical (unpaired) electrons. The third-order valence-corrected chi connectivity index (χ3v) is 5.03. The largest absolute Gasteiger partial charge is 0.367 e. The maximum atomic E-state index is 13.0. The molecule has 122 valence electrons. The van der Waals surface area contributed by atoms with Gasteiger partial charge in [-0.05, 0) is 17.7 Å². The summed E-state index contributed by atoms with van der Waals surface area (Å²) >= 11 is 0. The molecule has 2 atom stereocenters. The number of rotatable bonds is 4. The SMILES string of the molecule is COC(C(=O)N1CCN(S(C)(=N)=O)CC1)c1ccc(F)cc1. The van der Waals surface area contributed by atoms with Crippen molar-refractivity contribution in [3.63, 3.8) is 0 Å². The van der Waals surface area contributed by atoms with E-state index in [2.05, 4.69) is 0 Å². The second kappa shape index (κ2) is 6.72. The minimum atomic E-state index is -2.74. The van der Waals surface area contributed by atoms with Gasteiger partial charge in [-0.3, -0.25) is 4.79 Å². The fourth-order valence-electron chi connectivity index (χ4n) is 2.44. The van der Waals surface area contributed by atoms with Gasteiger partial charge in [-0.2, -0.15) is 0 Å². The van der Waals surface area contributed by atoms with Gasteiger partial charge in [0.2, 0.25) is 0 Å². The van der Waals surface area contributed by atoms with Crippen LogP contribution in [0.15, 0.2) is 24.3 Å². The summed E-state index contributed by atoms with van der Waals surface area (Å²) in [5.74, 6) is -0.575. The summed E-state index contributed by atoms with van der Waals surface area (Å²) in [6.45, 7) is 1.57. The van der Waals surface area contributed by atoms with E-state index in [1.165, 1.54) is 37.6 Å². The number of carbonyl (C=O) groups excluding carboxylic acids is 1. The third kappa shape index (κ3) is 3.82. The van der Waals surface area contributed by atoms with E-state index < -0.39 is 16.0 Å². The molecule has 1 amide bonds. The summed E-state index contributed by atoms with van der Waals surface area (Å²) in [6, 6.07) is 5.64. The molecule has 0 spiro atoms. The summed E-state index contributed by atoms with van der Waals surface area (Å²) in [5.41, 5.74) is 0.594. The molecule has 1 fully saturated rings. The number of amides is 1. The topological polar surface area (TPSA) is 73.7 Å². The molecule has 0 aromatic heterocycles. The highest BCUT2D eigenvalue weighted by atomic mass is 32.2. The molecule has 2 rings (SSSR count). The highest BCUT2D eigenvalue weighted by Crippen LogP contribution is 2.21. The van der Waals surface area contributed by atoms with Crippen molar-refractivity contribution in [1.82, 2.24) is 9.21 Å². The molecule has 6 nitrogen and oxygen atoms in total. The molecule has 0 saturated carbocycles. The first-order valence-electron chi connectivity index (χ1n) is 6.89. The second-order valence-electron chi connectivity index (χ2n) is 5.22. The van der Waals surface area contributed by atoms with Gasteiger partial charge in [-0.15, -0.1) is 0 Å². The lowest BCUT2D eigenvalue weighted by molar-refractivity contribution is -0.143. The molecule has 1 aromatic rings. The number of hydrogen-bond acceptors (Lipinski definition) is 4. The van der Waals surface area contributed by atoms with Crippen LogP contribution in [0.1, 0.15) is 11.7 Å². The van der Waals surface area contributed by atoms with E-state index in [4.69, 9.17) is 9.52 Å². The fourth-order valence-corrected chi connectivity index (χ4v) is 3.30. The second-order valence-corrected chi connectivity index (χ2v) is 7.35. The number of piperazine rings is 1. The van der Waals surface area contributed by atoms with Crippen LogP contribution >= 0.6 is 0 Å². The molecule has 2 unspecified atom stereocenters. The molecule has 8 heteroatoms. The Hall–Kier alpha value is -1.51. The van der Waals surface area contributed by atoms with Crippen molar-refractivity contribution in [2.45, 2.75) is 6.10 Å². The summed E-state index contributed by atoms with van der Waals surface area (Å²) in [6.07, 6.45) is 0.593. The minimum absolute atomic E-state index is 0.207. The van der Waals surface area contributed by atoms with Gasteiger partial charge in [0.05, 0.1) is 0 Å². The molecule has 0 aliphatic carbocycles. The molecule has 0 bridgehead atoms. The van der Waals surface area contributed by atoms with Gasteiger partial charge in [-0.1, -0.05) is 12.1 Å². The van der Waals surface area contributed by atoms with Gasteiger partial charge in [0, 0.05) is 39.5 Å². The molecular formula is C14H20FN3O3S. The zero-order valence-corrected chi connectivity index (χ0v) is 13.4. The Morgan fingerprint density at radius 1 is 1.27 bits per heavy atom. The van der Waals surface area contributed by atoms with E-state index in [9.17, 15) is 13.4 Å². The number of halogens is 1. The predicted octanol–water partition coefficient (Wildman–Crippen LogP) is 1.25. The lowest BCUT2D eigenvalue weighted by atomic mass is 10.1. The van der Waals surface area contributed by atoms with Crippen molar-refractivity contribution in [3.8, 4) is 0 Å². The average molecular weight is 329 g/mol. The van der Waals surface area contributed by atoms with Crippen LogP contribution in [0, 0.1) is 10.6 Å². The van der Waals surface area contributed by atoms with Crippen molar-refractivity contribution >= 4 is 15.8 Å². The van der Waals surface area contributed by atoms with Gasteiger partial charge in [-0.25, -0.2) is 17.7 Å².